The van der Waals surface area contributed by atoms with Gasteiger partial charge in [0.2, 0.25) is 0 Å². The van der Waals surface area contributed by atoms with Crippen molar-refractivity contribution in [3.05, 3.63) is 25.3 Å². The Morgan fingerprint density at radius 2 is 1.56 bits per heavy atom. The lowest BCUT2D eigenvalue weighted by molar-refractivity contribution is -0.282. The minimum absolute atomic E-state index is 0.0518. The van der Waals surface area contributed by atoms with Crippen molar-refractivity contribution in [1.82, 2.24) is 15.0 Å². The quantitative estimate of drug-likeness (QED) is 0.527. The van der Waals surface area contributed by atoms with Gasteiger partial charge in [-0.3, -0.25) is 0 Å². The summed E-state index contributed by atoms with van der Waals surface area (Å²) < 4.78 is 12.5. The molecule has 1 fully saturated rings. The molecule has 0 aromatic rings. The van der Waals surface area contributed by atoms with Crippen LogP contribution in [0.4, 0.5) is 14.0 Å². The molecule has 0 N–H and O–H groups in total. The molecule has 6 nitrogen and oxygen atoms in total. The highest BCUT2D eigenvalue weighted by molar-refractivity contribution is 5.94. The molecule has 1 aliphatic rings. The standard InChI is InChI=1S/C9H12FN3O3/c1-3-5-12-8(14)11(7-10)9(15)13(16-12)6-4-2/h3-4H,1-2,5-7H2. The van der Waals surface area contributed by atoms with Crippen molar-refractivity contribution >= 4 is 12.1 Å². The number of hydroxylamine groups is 4. The van der Waals surface area contributed by atoms with Gasteiger partial charge < -0.3 is 0 Å². The first-order valence-electron chi connectivity index (χ1n) is 4.52. The first-order valence-corrected chi connectivity index (χ1v) is 4.52. The third-order valence-electron chi connectivity index (χ3n) is 1.80. The van der Waals surface area contributed by atoms with Crippen molar-refractivity contribution in [2.45, 2.75) is 0 Å². The Balaban J connectivity index is 2.85. The van der Waals surface area contributed by atoms with Gasteiger partial charge in [-0.05, 0) is 0 Å². The Labute approximate surface area is 92.1 Å². The molecule has 88 valence electrons. The Morgan fingerprint density at radius 3 is 1.88 bits per heavy atom. The fraction of sp³-hybridized carbons (Fsp3) is 0.333. The first kappa shape index (κ1) is 12.2. The van der Waals surface area contributed by atoms with Crippen LogP contribution in [0, 0.1) is 0 Å². The lowest BCUT2D eigenvalue weighted by Crippen LogP contribution is -2.59. The van der Waals surface area contributed by atoms with Crippen LogP contribution in [-0.4, -0.2) is 47.0 Å². The van der Waals surface area contributed by atoms with Gasteiger partial charge in [0, 0.05) is 0 Å². The summed E-state index contributed by atoms with van der Waals surface area (Å²) in [5, 5.41) is 1.66. The van der Waals surface area contributed by atoms with Crippen molar-refractivity contribution in [2.24, 2.45) is 0 Å². The van der Waals surface area contributed by atoms with E-state index in [1.54, 1.807) is 0 Å². The molecule has 1 saturated heterocycles. The SMILES string of the molecule is C=CCN1ON(CC=C)C(=O)N(CF)C1=O. The second-order valence-corrected chi connectivity index (χ2v) is 2.89. The van der Waals surface area contributed by atoms with E-state index in [9.17, 15) is 14.0 Å². The van der Waals surface area contributed by atoms with E-state index in [0.29, 0.717) is 4.90 Å². The highest BCUT2D eigenvalue weighted by Gasteiger charge is 2.37. The average molecular weight is 229 g/mol. The molecule has 0 atom stereocenters. The number of halogens is 1. The van der Waals surface area contributed by atoms with Crippen LogP contribution < -0.4 is 0 Å². The zero-order valence-corrected chi connectivity index (χ0v) is 8.63. The molecule has 0 aliphatic carbocycles. The molecule has 0 unspecified atom stereocenters. The van der Waals surface area contributed by atoms with Gasteiger partial charge in [-0.2, -0.15) is 10.1 Å². The molecular weight excluding hydrogens is 217 g/mol. The molecule has 16 heavy (non-hydrogen) atoms. The molecule has 0 bridgehead atoms. The van der Waals surface area contributed by atoms with E-state index in [4.69, 9.17) is 4.94 Å². The number of amides is 4. The maximum atomic E-state index is 12.5. The average Bonchev–Trinajstić information content (AvgIpc) is 2.26. The molecule has 0 spiro atoms. The number of hydrogen-bond acceptors (Lipinski definition) is 3. The fourth-order valence-electron chi connectivity index (χ4n) is 1.10. The fourth-order valence-corrected chi connectivity index (χ4v) is 1.10. The van der Waals surface area contributed by atoms with Crippen molar-refractivity contribution in [3.63, 3.8) is 0 Å². The molecule has 0 radical (unpaired) electrons. The molecule has 1 rings (SSSR count). The highest BCUT2D eigenvalue weighted by Crippen LogP contribution is 2.14. The predicted octanol–water partition coefficient (Wildman–Crippen LogP) is 1.29. The highest BCUT2D eigenvalue weighted by atomic mass is 19.1. The second kappa shape index (κ2) is 5.26. The summed E-state index contributed by atoms with van der Waals surface area (Å²) in [6.45, 7) is 5.74. The van der Waals surface area contributed by atoms with E-state index >= 15 is 0 Å². The second-order valence-electron chi connectivity index (χ2n) is 2.89. The monoisotopic (exact) mass is 229 g/mol. The van der Waals surface area contributed by atoms with Crippen molar-refractivity contribution in [2.75, 3.05) is 19.9 Å². The van der Waals surface area contributed by atoms with Gasteiger partial charge in [-0.1, -0.05) is 12.2 Å². The van der Waals surface area contributed by atoms with Gasteiger partial charge >= 0.3 is 12.1 Å². The molecule has 0 aromatic heterocycles. The zero-order chi connectivity index (χ0) is 12.1. The summed E-state index contributed by atoms with van der Waals surface area (Å²) in [5.41, 5.74) is 0. The molecule has 1 aliphatic heterocycles. The van der Waals surface area contributed by atoms with Crippen LogP contribution in [0.25, 0.3) is 0 Å². The van der Waals surface area contributed by atoms with Crippen LogP contribution >= 0.6 is 0 Å². The van der Waals surface area contributed by atoms with Gasteiger partial charge in [-0.15, -0.1) is 18.1 Å². The number of alkyl halides is 1. The maximum absolute atomic E-state index is 12.5. The van der Waals surface area contributed by atoms with Gasteiger partial charge in [0.15, 0.2) is 6.80 Å². The van der Waals surface area contributed by atoms with Gasteiger partial charge in [-0.25, -0.2) is 18.9 Å². The smallest absolute Gasteiger partial charge is 0.245 e. The van der Waals surface area contributed by atoms with Crippen molar-refractivity contribution in [1.29, 1.82) is 0 Å². The number of carbonyl (C=O) groups is 2. The number of nitrogens with zero attached hydrogens (tertiary/aromatic N) is 3. The van der Waals surface area contributed by atoms with Crippen LogP contribution in [0.15, 0.2) is 25.3 Å². The molecule has 0 saturated carbocycles. The summed E-state index contributed by atoms with van der Waals surface area (Å²) in [4.78, 5) is 28.3. The number of hydrogen-bond donors (Lipinski definition) is 0. The largest absolute Gasteiger partial charge is 0.356 e. The zero-order valence-electron chi connectivity index (χ0n) is 8.63. The van der Waals surface area contributed by atoms with Gasteiger partial charge in [0.05, 0.1) is 13.1 Å². The molecule has 4 amide bonds. The summed E-state index contributed by atoms with van der Waals surface area (Å²) in [5.74, 6) is 0. The van der Waals surface area contributed by atoms with Crippen LogP contribution in [0.3, 0.4) is 0 Å². The minimum atomic E-state index is -1.21. The van der Waals surface area contributed by atoms with Gasteiger partial charge in [0.25, 0.3) is 0 Å². The van der Waals surface area contributed by atoms with Crippen LogP contribution in [0.5, 0.6) is 0 Å². The van der Waals surface area contributed by atoms with E-state index in [0.717, 1.165) is 10.1 Å². The summed E-state index contributed by atoms with van der Waals surface area (Å²) in [7, 11) is 0. The van der Waals surface area contributed by atoms with Crippen molar-refractivity contribution < 1.29 is 18.9 Å². The van der Waals surface area contributed by atoms with Crippen LogP contribution in [-0.2, 0) is 4.94 Å². The molecular formula is C9H12FN3O3. The van der Waals surface area contributed by atoms with E-state index in [1.165, 1.54) is 12.2 Å². The predicted molar refractivity (Wildman–Crippen MR) is 53.5 cm³/mol. The lowest BCUT2D eigenvalue weighted by Gasteiger charge is -2.36. The van der Waals surface area contributed by atoms with E-state index in [1.807, 2.05) is 0 Å². The van der Waals surface area contributed by atoms with E-state index in [-0.39, 0.29) is 13.1 Å². The van der Waals surface area contributed by atoms with E-state index < -0.39 is 18.9 Å². The van der Waals surface area contributed by atoms with Gasteiger partial charge in [0.1, 0.15) is 0 Å². The number of urea groups is 2. The molecule has 7 heteroatoms. The number of rotatable bonds is 5. The minimum Gasteiger partial charge on any atom is -0.245 e. The third kappa shape index (κ3) is 2.19. The molecule has 0 aromatic carbocycles. The molecule has 1 heterocycles. The lowest BCUT2D eigenvalue weighted by atomic mass is 10.5. The Bertz CT molecular complexity index is 293. The van der Waals surface area contributed by atoms with Crippen LogP contribution in [0.1, 0.15) is 0 Å². The summed E-state index contributed by atoms with van der Waals surface area (Å²) in [6.07, 6.45) is 2.80. The Hall–Kier alpha value is -1.89. The van der Waals surface area contributed by atoms with Crippen molar-refractivity contribution in [3.8, 4) is 0 Å². The topological polar surface area (TPSA) is 53.1 Å². The number of imide groups is 1. The summed E-state index contributed by atoms with van der Waals surface area (Å²) in [6, 6.07) is -1.71. The third-order valence-corrected chi connectivity index (χ3v) is 1.80. The maximum Gasteiger partial charge on any atom is 0.356 e. The van der Waals surface area contributed by atoms with E-state index in [2.05, 4.69) is 13.2 Å². The Morgan fingerprint density at radius 1 is 1.12 bits per heavy atom. The summed E-state index contributed by atoms with van der Waals surface area (Å²) >= 11 is 0. The first-order chi connectivity index (χ1) is 7.65. The van der Waals surface area contributed by atoms with Crippen LogP contribution in [0.2, 0.25) is 0 Å². The Kier molecular flexibility index (Phi) is 4.01. The normalized spacial score (nSPS) is 16.7. The number of carbonyl (C=O) groups excluding carboxylic acids is 2.